The number of carbonyl (C=O) groups is 2. The normalized spacial score (nSPS) is 10.8. The Bertz CT molecular complexity index is 638. The Hall–Kier alpha value is -2.52. The average molecular weight is 350 g/mol. The van der Waals surface area contributed by atoms with Gasteiger partial charge in [-0.05, 0) is 24.5 Å². The SMILES string of the molecule is N#C/C(=C/NCCCCCC(=O)O)C(=O)NCc1ccccc1Cl. The number of aliphatic carboxylic acids is 1. The maximum atomic E-state index is 11.9. The zero-order valence-corrected chi connectivity index (χ0v) is 14.0. The second-order valence-electron chi connectivity index (χ2n) is 5.10. The van der Waals surface area contributed by atoms with Crippen molar-refractivity contribution in [3.05, 3.63) is 46.6 Å². The van der Waals surface area contributed by atoms with E-state index in [1.54, 1.807) is 18.2 Å². The van der Waals surface area contributed by atoms with Crippen LogP contribution in [-0.2, 0) is 16.1 Å². The summed E-state index contributed by atoms with van der Waals surface area (Å²) < 4.78 is 0. The number of hydrogen-bond acceptors (Lipinski definition) is 4. The van der Waals surface area contributed by atoms with Crippen LogP contribution in [0, 0.1) is 11.3 Å². The van der Waals surface area contributed by atoms with E-state index in [4.69, 9.17) is 22.0 Å². The molecule has 0 fully saturated rings. The maximum Gasteiger partial charge on any atom is 0.303 e. The molecule has 6 nitrogen and oxygen atoms in total. The van der Waals surface area contributed by atoms with E-state index < -0.39 is 11.9 Å². The molecule has 0 saturated carbocycles. The van der Waals surface area contributed by atoms with Crippen LogP contribution in [0.3, 0.4) is 0 Å². The van der Waals surface area contributed by atoms with Gasteiger partial charge >= 0.3 is 5.97 Å². The highest BCUT2D eigenvalue weighted by atomic mass is 35.5. The van der Waals surface area contributed by atoms with Gasteiger partial charge in [0.15, 0.2) is 0 Å². The maximum absolute atomic E-state index is 11.9. The number of carboxylic acids is 1. The Labute approximate surface area is 146 Å². The fourth-order valence-corrected chi connectivity index (χ4v) is 2.12. The van der Waals surface area contributed by atoms with Gasteiger partial charge in [0.1, 0.15) is 11.6 Å². The van der Waals surface area contributed by atoms with Gasteiger partial charge in [0.05, 0.1) is 0 Å². The topological polar surface area (TPSA) is 102 Å². The van der Waals surface area contributed by atoms with Crippen molar-refractivity contribution in [3.8, 4) is 6.07 Å². The van der Waals surface area contributed by atoms with Gasteiger partial charge in [0, 0.05) is 30.7 Å². The van der Waals surface area contributed by atoms with Gasteiger partial charge in [-0.3, -0.25) is 9.59 Å². The molecular formula is C17H20ClN3O3. The third kappa shape index (κ3) is 7.65. The molecule has 1 aromatic carbocycles. The molecule has 7 heteroatoms. The minimum absolute atomic E-state index is 0.0208. The number of carboxylic acid groups (broad SMARTS) is 1. The number of benzene rings is 1. The van der Waals surface area contributed by atoms with Gasteiger partial charge in [-0.25, -0.2) is 0 Å². The van der Waals surface area contributed by atoms with Gasteiger partial charge in [-0.1, -0.05) is 36.2 Å². The molecule has 0 aliphatic carbocycles. The molecule has 24 heavy (non-hydrogen) atoms. The molecular weight excluding hydrogens is 330 g/mol. The predicted octanol–water partition coefficient (Wildman–Crippen LogP) is 2.60. The third-order valence-electron chi connectivity index (χ3n) is 3.22. The quantitative estimate of drug-likeness (QED) is 0.342. The van der Waals surface area contributed by atoms with Crippen molar-refractivity contribution in [2.75, 3.05) is 6.54 Å². The lowest BCUT2D eigenvalue weighted by Crippen LogP contribution is -2.25. The van der Waals surface area contributed by atoms with Crippen LogP contribution >= 0.6 is 11.6 Å². The summed E-state index contributed by atoms with van der Waals surface area (Å²) in [6.07, 6.45) is 3.69. The number of nitrogens with zero attached hydrogens (tertiary/aromatic N) is 1. The van der Waals surface area contributed by atoms with E-state index in [9.17, 15) is 9.59 Å². The largest absolute Gasteiger partial charge is 0.481 e. The zero-order chi connectivity index (χ0) is 17.8. The van der Waals surface area contributed by atoms with Crippen molar-refractivity contribution in [1.29, 1.82) is 5.26 Å². The summed E-state index contributed by atoms with van der Waals surface area (Å²) in [5, 5.41) is 23.7. The molecule has 128 valence electrons. The summed E-state index contributed by atoms with van der Waals surface area (Å²) in [6.45, 7) is 0.815. The van der Waals surface area contributed by atoms with E-state index in [2.05, 4.69) is 10.6 Å². The Kier molecular flexibility index (Phi) is 9.02. The smallest absolute Gasteiger partial charge is 0.303 e. The first kappa shape index (κ1) is 19.5. The number of rotatable bonds is 10. The third-order valence-corrected chi connectivity index (χ3v) is 3.59. The molecule has 0 aliphatic heterocycles. The van der Waals surface area contributed by atoms with Gasteiger partial charge in [-0.15, -0.1) is 0 Å². The summed E-state index contributed by atoms with van der Waals surface area (Å²) in [7, 11) is 0. The zero-order valence-electron chi connectivity index (χ0n) is 13.2. The first-order chi connectivity index (χ1) is 11.5. The van der Waals surface area contributed by atoms with Crippen LogP contribution in [0.5, 0.6) is 0 Å². The predicted molar refractivity (Wildman–Crippen MR) is 91.1 cm³/mol. The molecule has 3 N–H and O–H groups in total. The summed E-state index contributed by atoms with van der Waals surface area (Å²) in [5.74, 6) is -1.28. The fourth-order valence-electron chi connectivity index (χ4n) is 1.92. The van der Waals surface area contributed by atoms with Crippen molar-refractivity contribution in [2.45, 2.75) is 32.2 Å². The van der Waals surface area contributed by atoms with E-state index in [0.29, 0.717) is 18.0 Å². The standard InChI is InChI=1S/C17H20ClN3O3/c18-15-7-4-3-6-13(15)12-21-17(24)14(10-19)11-20-9-5-1-2-8-16(22)23/h3-4,6-7,11,20H,1-2,5,8-9,12H2,(H,21,24)(H,22,23)/b14-11-. The van der Waals surface area contributed by atoms with E-state index >= 15 is 0 Å². The van der Waals surface area contributed by atoms with Gasteiger partial charge in [-0.2, -0.15) is 5.26 Å². The van der Waals surface area contributed by atoms with E-state index in [0.717, 1.165) is 18.4 Å². The van der Waals surface area contributed by atoms with Gasteiger partial charge < -0.3 is 15.7 Å². The first-order valence-corrected chi connectivity index (χ1v) is 7.99. The van der Waals surface area contributed by atoms with Crippen LogP contribution in [0.2, 0.25) is 5.02 Å². The summed E-state index contributed by atoms with van der Waals surface area (Å²) in [6, 6.07) is 9.00. The number of halogens is 1. The van der Waals surface area contributed by atoms with Crippen LogP contribution in [0.15, 0.2) is 36.0 Å². The molecule has 0 aliphatic rings. The minimum atomic E-state index is -0.801. The fraction of sp³-hybridized carbons (Fsp3) is 0.353. The average Bonchev–Trinajstić information content (AvgIpc) is 2.56. The lowest BCUT2D eigenvalue weighted by molar-refractivity contribution is -0.137. The van der Waals surface area contributed by atoms with Crippen LogP contribution in [0.25, 0.3) is 0 Å². The monoisotopic (exact) mass is 349 g/mol. The molecule has 0 saturated heterocycles. The number of nitriles is 1. The van der Waals surface area contributed by atoms with Crippen molar-refractivity contribution < 1.29 is 14.7 Å². The highest BCUT2D eigenvalue weighted by Crippen LogP contribution is 2.14. The van der Waals surface area contributed by atoms with Gasteiger partial charge in [0.2, 0.25) is 0 Å². The molecule has 0 bridgehead atoms. The van der Waals surface area contributed by atoms with E-state index in [-0.39, 0.29) is 18.5 Å². The lowest BCUT2D eigenvalue weighted by Gasteiger charge is -2.06. The summed E-state index contributed by atoms with van der Waals surface area (Å²) in [5.41, 5.74) is 0.754. The second-order valence-corrected chi connectivity index (χ2v) is 5.51. The second kappa shape index (κ2) is 11.1. The molecule has 0 atom stereocenters. The number of amides is 1. The molecule has 1 rings (SSSR count). The molecule has 1 amide bonds. The molecule has 0 heterocycles. The molecule has 0 unspecified atom stereocenters. The van der Waals surface area contributed by atoms with Crippen LogP contribution < -0.4 is 10.6 Å². The van der Waals surface area contributed by atoms with E-state index in [1.165, 1.54) is 6.20 Å². The van der Waals surface area contributed by atoms with Crippen LogP contribution in [-0.4, -0.2) is 23.5 Å². The van der Waals surface area contributed by atoms with E-state index in [1.807, 2.05) is 12.1 Å². The summed E-state index contributed by atoms with van der Waals surface area (Å²) in [4.78, 5) is 22.3. The van der Waals surface area contributed by atoms with Crippen LogP contribution in [0.4, 0.5) is 0 Å². The first-order valence-electron chi connectivity index (χ1n) is 7.61. The number of carbonyl (C=O) groups excluding carboxylic acids is 1. The molecule has 0 spiro atoms. The van der Waals surface area contributed by atoms with Crippen molar-refractivity contribution in [2.24, 2.45) is 0 Å². The molecule has 0 aromatic heterocycles. The Balaban J connectivity index is 2.34. The molecule has 0 radical (unpaired) electrons. The van der Waals surface area contributed by atoms with Crippen molar-refractivity contribution in [3.63, 3.8) is 0 Å². The van der Waals surface area contributed by atoms with Crippen molar-refractivity contribution in [1.82, 2.24) is 10.6 Å². The Morgan fingerprint density at radius 1 is 1.25 bits per heavy atom. The summed E-state index contributed by atoms with van der Waals surface area (Å²) >= 11 is 6.00. The molecule has 1 aromatic rings. The highest BCUT2D eigenvalue weighted by Gasteiger charge is 2.09. The Morgan fingerprint density at radius 2 is 2.00 bits per heavy atom. The minimum Gasteiger partial charge on any atom is -0.481 e. The lowest BCUT2D eigenvalue weighted by atomic mass is 10.2. The Morgan fingerprint density at radius 3 is 2.67 bits per heavy atom. The van der Waals surface area contributed by atoms with Crippen LogP contribution in [0.1, 0.15) is 31.2 Å². The van der Waals surface area contributed by atoms with Gasteiger partial charge in [0.25, 0.3) is 5.91 Å². The highest BCUT2D eigenvalue weighted by molar-refractivity contribution is 6.31. The van der Waals surface area contributed by atoms with Crippen molar-refractivity contribution >= 4 is 23.5 Å². The number of hydrogen-bond donors (Lipinski definition) is 3. The number of unbranched alkanes of at least 4 members (excludes halogenated alkanes) is 2. The number of nitrogens with one attached hydrogen (secondary N) is 2.